The van der Waals surface area contributed by atoms with E-state index in [1.54, 1.807) is 6.20 Å². The minimum absolute atomic E-state index is 0.0653. The lowest BCUT2D eigenvalue weighted by Gasteiger charge is -2.25. The lowest BCUT2D eigenvalue weighted by atomic mass is 10.1. The number of carboxylic acid groups (broad SMARTS) is 1. The summed E-state index contributed by atoms with van der Waals surface area (Å²) >= 11 is 0. The van der Waals surface area contributed by atoms with Gasteiger partial charge < -0.3 is 14.9 Å². The van der Waals surface area contributed by atoms with Crippen LogP contribution in [0.2, 0.25) is 0 Å². The Morgan fingerprint density at radius 3 is 2.83 bits per heavy atom. The average Bonchev–Trinajstić information content (AvgIpc) is 3.16. The monoisotopic (exact) mass is 318 g/mol. The van der Waals surface area contributed by atoms with Crippen LogP contribution in [0.1, 0.15) is 42.6 Å². The first-order valence-corrected chi connectivity index (χ1v) is 8.10. The zero-order valence-corrected chi connectivity index (χ0v) is 13.3. The molecule has 1 N–H and O–H groups in total. The molecule has 124 valence electrons. The molecule has 23 heavy (non-hydrogen) atoms. The van der Waals surface area contributed by atoms with Crippen LogP contribution in [-0.2, 0) is 4.79 Å². The van der Waals surface area contributed by atoms with Crippen molar-refractivity contribution in [1.29, 1.82) is 0 Å². The lowest BCUT2D eigenvalue weighted by Crippen LogP contribution is -2.35. The second-order valence-corrected chi connectivity index (χ2v) is 6.50. The molecule has 0 bridgehead atoms. The summed E-state index contributed by atoms with van der Waals surface area (Å²) < 4.78 is 0. The normalized spacial score (nSPS) is 21.9. The Morgan fingerprint density at radius 2 is 2.13 bits per heavy atom. The lowest BCUT2D eigenvalue weighted by molar-refractivity contribution is -0.129. The zero-order chi connectivity index (χ0) is 16.4. The van der Waals surface area contributed by atoms with Gasteiger partial charge in [-0.15, -0.1) is 0 Å². The standard InChI is InChI=1S/C16H22N4O3/c1-19(14-8-17-7-13(18-14)16(22)23)9-11-6-15(21)20(10-11)12-4-2-3-5-12/h7-8,11-12H,2-6,9-10H2,1H3,(H,22,23). The molecule has 2 heterocycles. The summed E-state index contributed by atoms with van der Waals surface area (Å²) in [5, 5.41) is 8.99. The van der Waals surface area contributed by atoms with Crippen molar-refractivity contribution in [2.45, 2.75) is 38.1 Å². The fourth-order valence-corrected chi connectivity index (χ4v) is 3.62. The van der Waals surface area contributed by atoms with Gasteiger partial charge in [-0.3, -0.25) is 9.78 Å². The van der Waals surface area contributed by atoms with Crippen molar-refractivity contribution in [3.63, 3.8) is 0 Å². The zero-order valence-electron chi connectivity index (χ0n) is 13.3. The van der Waals surface area contributed by atoms with Crippen LogP contribution >= 0.6 is 0 Å². The van der Waals surface area contributed by atoms with Gasteiger partial charge in [0.25, 0.3) is 0 Å². The highest BCUT2D eigenvalue weighted by Gasteiger charge is 2.35. The molecule has 0 radical (unpaired) electrons. The number of anilines is 1. The van der Waals surface area contributed by atoms with Gasteiger partial charge in [0.05, 0.1) is 12.4 Å². The highest BCUT2D eigenvalue weighted by Crippen LogP contribution is 2.30. The number of hydrogen-bond acceptors (Lipinski definition) is 5. The number of amides is 1. The fourth-order valence-electron chi connectivity index (χ4n) is 3.62. The van der Waals surface area contributed by atoms with Gasteiger partial charge in [0.15, 0.2) is 5.69 Å². The molecule has 1 saturated heterocycles. The first kappa shape index (κ1) is 15.7. The van der Waals surface area contributed by atoms with Crippen LogP contribution in [0, 0.1) is 5.92 Å². The van der Waals surface area contributed by atoms with Gasteiger partial charge in [0.2, 0.25) is 5.91 Å². The van der Waals surface area contributed by atoms with Gasteiger partial charge in [-0.1, -0.05) is 12.8 Å². The molecule has 7 nitrogen and oxygen atoms in total. The van der Waals surface area contributed by atoms with E-state index in [4.69, 9.17) is 5.11 Å². The van der Waals surface area contributed by atoms with E-state index < -0.39 is 5.97 Å². The van der Waals surface area contributed by atoms with E-state index in [1.807, 2.05) is 16.8 Å². The Balaban J connectivity index is 1.62. The second-order valence-electron chi connectivity index (χ2n) is 6.50. The van der Waals surface area contributed by atoms with Crippen LogP contribution in [0.4, 0.5) is 5.82 Å². The third-order valence-corrected chi connectivity index (χ3v) is 4.77. The maximum Gasteiger partial charge on any atom is 0.356 e. The van der Waals surface area contributed by atoms with Crippen LogP contribution in [-0.4, -0.2) is 58.0 Å². The molecule has 1 amide bonds. The number of likely N-dealkylation sites (tertiary alicyclic amines) is 1. The Bertz CT molecular complexity index is 601. The number of rotatable bonds is 5. The Labute approximate surface area is 135 Å². The van der Waals surface area contributed by atoms with Crippen LogP contribution in [0.25, 0.3) is 0 Å². The third kappa shape index (κ3) is 3.43. The van der Waals surface area contributed by atoms with E-state index in [0.717, 1.165) is 19.4 Å². The number of nitrogens with zero attached hydrogens (tertiary/aromatic N) is 4. The molecule has 1 aliphatic heterocycles. The van der Waals surface area contributed by atoms with Gasteiger partial charge in [-0.2, -0.15) is 0 Å². The predicted molar refractivity (Wildman–Crippen MR) is 84.3 cm³/mol. The van der Waals surface area contributed by atoms with E-state index in [-0.39, 0.29) is 17.5 Å². The molecule has 1 aliphatic carbocycles. The number of carbonyl (C=O) groups is 2. The number of carbonyl (C=O) groups excluding carboxylic acids is 1. The highest BCUT2D eigenvalue weighted by atomic mass is 16.4. The smallest absolute Gasteiger partial charge is 0.356 e. The Morgan fingerprint density at radius 1 is 1.39 bits per heavy atom. The summed E-state index contributed by atoms with van der Waals surface area (Å²) in [6, 6.07) is 0.424. The van der Waals surface area contributed by atoms with Crippen LogP contribution < -0.4 is 4.90 Å². The molecule has 1 aromatic rings. The first-order chi connectivity index (χ1) is 11.0. The molecule has 2 fully saturated rings. The minimum Gasteiger partial charge on any atom is -0.476 e. The topological polar surface area (TPSA) is 86.6 Å². The number of hydrogen-bond donors (Lipinski definition) is 1. The van der Waals surface area contributed by atoms with Crippen LogP contribution in [0.5, 0.6) is 0 Å². The van der Waals surface area contributed by atoms with Crippen molar-refractivity contribution in [1.82, 2.24) is 14.9 Å². The van der Waals surface area contributed by atoms with Crippen molar-refractivity contribution in [3.05, 3.63) is 18.1 Å². The van der Waals surface area contributed by atoms with Crippen LogP contribution in [0.3, 0.4) is 0 Å². The summed E-state index contributed by atoms with van der Waals surface area (Å²) in [5.74, 6) is -0.0584. The van der Waals surface area contributed by atoms with Crippen molar-refractivity contribution < 1.29 is 14.7 Å². The molecule has 3 rings (SSSR count). The number of carboxylic acids is 1. The largest absolute Gasteiger partial charge is 0.476 e. The van der Waals surface area contributed by atoms with Crippen molar-refractivity contribution in [2.24, 2.45) is 5.92 Å². The molecule has 1 unspecified atom stereocenters. The molecule has 1 aromatic heterocycles. The molecule has 1 saturated carbocycles. The van der Waals surface area contributed by atoms with Gasteiger partial charge >= 0.3 is 5.97 Å². The summed E-state index contributed by atoms with van der Waals surface area (Å²) in [6.07, 6.45) is 8.04. The molecular formula is C16H22N4O3. The predicted octanol–water partition coefficient (Wildman–Crippen LogP) is 1.40. The van der Waals surface area contributed by atoms with Gasteiger partial charge in [0, 0.05) is 38.5 Å². The third-order valence-electron chi connectivity index (χ3n) is 4.77. The van der Waals surface area contributed by atoms with E-state index in [2.05, 4.69) is 9.97 Å². The van der Waals surface area contributed by atoms with Crippen molar-refractivity contribution in [3.8, 4) is 0 Å². The van der Waals surface area contributed by atoms with E-state index >= 15 is 0 Å². The van der Waals surface area contributed by atoms with Crippen molar-refractivity contribution >= 4 is 17.7 Å². The van der Waals surface area contributed by atoms with E-state index in [1.165, 1.54) is 19.0 Å². The Hall–Kier alpha value is -2.18. The number of aromatic carboxylic acids is 1. The quantitative estimate of drug-likeness (QED) is 0.883. The maximum atomic E-state index is 12.2. The maximum absolute atomic E-state index is 12.2. The Kier molecular flexibility index (Phi) is 4.45. The van der Waals surface area contributed by atoms with Crippen molar-refractivity contribution in [2.75, 3.05) is 25.0 Å². The summed E-state index contributed by atoms with van der Waals surface area (Å²) in [7, 11) is 1.86. The molecule has 0 aromatic carbocycles. The van der Waals surface area contributed by atoms with Gasteiger partial charge in [0.1, 0.15) is 5.82 Å². The molecule has 2 aliphatic rings. The first-order valence-electron chi connectivity index (χ1n) is 8.10. The molecule has 1 atom stereocenters. The molecular weight excluding hydrogens is 296 g/mol. The highest BCUT2D eigenvalue weighted by molar-refractivity contribution is 5.85. The summed E-state index contributed by atoms with van der Waals surface area (Å²) in [5.41, 5.74) is -0.0653. The second kappa shape index (κ2) is 6.52. The van der Waals surface area contributed by atoms with E-state index in [0.29, 0.717) is 24.8 Å². The van der Waals surface area contributed by atoms with Gasteiger partial charge in [-0.05, 0) is 12.8 Å². The number of aromatic nitrogens is 2. The SMILES string of the molecule is CN(CC1CC(=O)N(C2CCCC2)C1)c1cncc(C(=O)O)n1. The summed E-state index contributed by atoms with van der Waals surface area (Å²) in [6.45, 7) is 1.46. The van der Waals surface area contributed by atoms with Gasteiger partial charge in [-0.25, -0.2) is 9.78 Å². The summed E-state index contributed by atoms with van der Waals surface area (Å²) in [4.78, 5) is 35.2. The molecule has 0 spiro atoms. The average molecular weight is 318 g/mol. The fraction of sp³-hybridized carbons (Fsp3) is 0.625. The van der Waals surface area contributed by atoms with Crippen LogP contribution in [0.15, 0.2) is 12.4 Å². The minimum atomic E-state index is -1.09. The molecule has 7 heteroatoms. The van der Waals surface area contributed by atoms with E-state index in [9.17, 15) is 9.59 Å².